The van der Waals surface area contributed by atoms with Gasteiger partial charge in [0.1, 0.15) is 5.75 Å². The molecule has 0 saturated carbocycles. The number of benzene rings is 2. The van der Waals surface area contributed by atoms with Gasteiger partial charge < -0.3 is 10.1 Å². The molecule has 0 aliphatic carbocycles. The van der Waals surface area contributed by atoms with Crippen LogP contribution in [0.15, 0.2) is 53.3 Å². The minimum Gasteiger partial charge on any atom is -0.497 e. The maximum absolute atomic E-state index is 13.0. The number of hydrogen-bond donors (Lipinski definition) is 1. The van der Waals surface area contributed by atoms with Crippen molar-refractivity contribution in [1.82, 2.24) is 20.0 Å². The molecule has 2 aromatic carbocycles. The Kier molecular flexibility index (Phi) is 5.81. The molecular weight excluding hydrogens is 380 g/mol. The molecule has 7 nitrogen and oxygen atoms in total. The third kappa shape index (κ3) is 3.93. The van der Waals surface area contributed by atoms with Gasteiger partial charge in [-0.15, -0.1) is 0 Å². The Morgan fingerprint density at radius 1 is 1.10 bits per heavy atom. The van der Waals surface area contributed by atoms with Crippen molar-refractivity contribution in [2.75, 3.05) is 26.7 Å². The van der Waals surface area contributed by atoms with Crippen LogP contribution in [0.4, 0.5) is 0 Å². The summed E-state index contributed by atoms with van der Waals surface area (Å²) in [5.74, 6) is 0.531. The molecule has 156 valence electrons. The largest absolute Gasteiger partial charge is 0.497 e. The lowest BCUT2D eigenvalue weighted by Gasteiger charge is -2.28. The molecule has 4 rings (SSSR count). The van der Waals surface area contributed by atoms with E-state index in [1.807, 2.05) is 30.3 Å². The topological polar surface area (TPSA) is 76.5 Å². The molecule has 0 unspecified atom stereocenters. The number of rotatable bonds is 6. The van der Waals surface area contributed by atoms with E-state index >= 15 is 0 Å². The number of aromatic nitrogens is 2. The van der Waals surface area contributed by atoms with E-state index in [1.54, 1.807) is 32.4 Å². The molecule has 1 saturated heterocycles. The quantitative estimate of drug-likeness (QED) is 0.681. The van der Waals surface area contributed by atoms with E-state index < -0.39 is 0 Å². The molecule has 1 aliphatic rings. The van der Waals surface area contributed by atoms with Crippen molar-refractivity contribution >= 4 is 16.7 Å². The molecule has 1 aliphatic heterocycles. The van der Waals surface area contributed by atoms with Crippen LogP contribution in [0.5, 0.6) is 5.75 Å². The van der Waals surface area contributed by atoms with Gasteiger partial charge >= 0.3 is 0 Å². The molecule has 0 spiro atoms. The van der Waals surface area contributed by atoms with Crippen LogP contribution < -0.4 is 15.6 Å². The lowest BCUT2D eigenvalue weighted by Crippen LogP contribution is -2.37. The second kappa shape index (κ2) is 8.67. The predicted octanol–water partition coefficient (Wildman–Crippen LogP) is 2.51. The summed E-state index contributed by atoms with van der Waals surface area (Å²) in [6.45, 7) is 2.48. The second-order valence-electron chi connectivity index (χ2n) is 7.57. The van der Waals surface area contributed by atoms with Gasteiger partial charge in [0.15, 0.2) is 5.69 Å². The number of nitrogens with one attached hydrogen (secondary N) is 1. The van der Waals surface area contributed by atoms with Gasteiger partial charge in [0, 0.05) is 19.0 Å². The number of nitrogens with zero attached hydrogens (tertiary/aromatic N) is 3. The summed E-state index contributed by atoms with van der Waals surface area (Å²) in [4.78, 5) is 27.8. The second-order valence-corrected chi connectivity index (χ2v) is 7.57. The number of aryl methyl sites for hydroxylation is 1. The Morgan fingerprint density at radius 2 is 1.77 bits per heavy atom. The van der Waals surface area contributed by atoms with Gasteiger partial charge in [0.05, 0.1) is 18.5 Å². The predicted molar refractivity (Wildman–Crippen MR) is 116 cm³/mol. The minimum absolute atomic E-state index is 0.0705. The summed E-state index contributed by atoms with van der Waals surface area (Å²) >= 11 is 0. The normalized spacial score (nSPS) is 15.3. The molecule has 0 bridgehead atoms. The Hall–Kier alpha value is -3.19. The summed E-state index contributed by atoms with van der Waals surface area (Å²) in [7, 11) is 3.22. The van der Waals surface area contributed by atoms with Gasteiger partial charge in [-0.3, -0.25) is 14.5 Å². The van der Waals surface area contributed by atoms with Gasteiger partial charge in [-0.1, -0.05) is 30.3 Å². The maximum atomic E-state index is 13.0. The summed E-state index contributed by atoms with van der Waals surface area (Å²) in [6.07, 6.45) is 2.32. The highest BCUT2D eigenvalue weighted by Gasteiger charge is 2.25. The van der Waals surface area contributed by atoms with E-state index in [0.717, 1.165) is 37.2 Å². The zero-order valence-corrected chi connectivity index (χ0v) is 17.3. The molecule has 30 heavy (non-hydrogen) atoms. The van der Waals surface area contributed by atoms with Crippen LogP contribution in [-0.4, -0.2) is 47.3 Å². The third-order valence-corrected chi connectivity index (χ3v) is 5.71. The van der Waals surface area contributed by atoms with Crippen LogP contribution in [0.3, 0.4) is 0 Å². The highest BCUT2D eigenvalue weighted by Crippen LogP contribution is 2.26. The molecule has 2 heterocycles. The van der Waals surface area contributed by atoms with Crippen molar-refractivity contribution < 1.29 is 9.53 Å². The van der Waals surface area contributed by atoms with Crippen molar-refractivity contribution in [1.29, 1.82) is 0 Å². The molecule has 1 atom stereocenters. The summed E-state index contributed by atoms with van der Waals surface area (Å²) in [5, 5.41) is 8.35. The number of ether oxygens (including phenoxy) is 1. The molecular formula is C23H26N4O3. The monoisotopic (exact) mass is 406 g/mol. The van der Waals surface area contributed by atoms with Gasteiger partial charge in [-0.2, -0.15) is 5.10 Å². The standard InChI is InChI=1S/C23H26N4O3/c1-26-23(29)19-8-4-3-7-18(19)21(25-26)22(28)24-15-20(27-13-5-6-14-27)16-9-11-17(30-2)12-10-16/h3-4,7-12,20H,5-6,13-15H2,1-2H3,(H,24,28)/t20-/m0/s1. The van der Waals surface area contributed by atoms with Gasteiger partial charge in [0.25, 0.3) is 11.5 Å². The minimum atomic E-state index is -0.278. The van der Waals surface area contributed by atoms with Crippen LogP contribution in [0.25, 0.3) is 10.8 Å². The molecule has 1 amide bonds. The third-order valence-electron chi connectivity index (χ3n) is 5.71. The first-order valence-corrected chi connectivity index (χ1v) is 10.2. The number of methoxy groups -OCH3 is 1. The highest BCUT2D eigenvalue weighted by molar-refractivity contribution is 6.04. The smallest absolute Gasteiger partial charge is 0.274 e. The highest BCUT2D eigenvalue weighted by atomic mass is 16.5. The molecule has 1 fully saturated rings. The van der Waals surface area contributed by atoms with E-state index in [0.29, 0.717) is 17.3 Å². The van der Waals surface area contributed by atoms with E-state index in [-0.39, 0.29) is 23.2 Å². The maximum Gasteiger partial charge on any atom is 0.274 e. The first kappa shape index (κ1) is 20.1. The van der Waals surface area contributed by atoms with Crippen molar-refractivity contribution in [3.8, 4) is 5.75 Å². The Morgan fingerprint density at radius 3 is 2.43 bits per heavy atom. The molecule has 0 radical (unpaired) electrons. The fourth-order valence-corrected chi connectivity index (χ4v) is 4.08. The van der Waals surface area contributed by atoms with Crippen molar-refractivity contribution in [2.24, 2.45) is 7.05 Å². The first-order valence-electron chi connectivity index (χ1n) is 10.2. The Labute approximate surface area is 175 Å². The average molecular weight is 406 g/mol. The summed E-state index contributed by atoms with van der Waals surface area (Å²) in [6, 6.07) is 15.1. The van der Waals surface area contributed by atoms with Crippen LogP contribution in [0.1, 0.15) is 34.9 Å². The number of carbonyl (C=O) groups excluding carboxylic acids is 1. The number of carbonyl (C=O) groups is 1. The van der Waals surface area contributed by atoms with Crippen LogP contribution in [0.2, 0.25) is 0 Å². The van der Waals surface area contributed by atoms with Crippen molar-refractivity contribution in [2.45, 2.75) is 18.9 Å². The Balaban J connectivity index is 1.59. The molecule has 1 N–H and O–H groups in total. The van der Waals surface area contributed by atoms with Gasteiger partial charge in [-0.05, 0) is 49.7 Å². The summed E-state index contributed by atoms with van der Waals surface area (Å²) < 4.78 is 6.49. The van der Waals surface area contributed by atoms with E-state index in [9.17, 15) is 9.59 Å². The number of likely N-dealkylation sites (tertiary alicyclic amines) is 1. The van der Waals surface area contributed by atoms with Crippen LogP contribution in [-0.2, 0) is 7.05 Å². The van der Waals surface area contributed by atoms with Crippen LogP contribution in [0, 0.1) is 0 Å². The fourth-order valence-electron chi connectivity index (χ4n) is 4.08. The SMILES string of the molecule is COc1ccc([C@H](CNC(=O)c2nn(C)c(=O)c3ccccc23)N2CCCC2)cc1. The Bertz CT molecular complexity index is 1100. The number of amides is 1. The van der Waals surface area contributed by atoms with E-state index in [4.69, 9.17) is 4.74 Å². The van der Waals surface area contributed by atoms with Gasteiger partial charge in [0.2, 0.25) is 0 Å². The molecule has 1 aromatic heterocycles. The van der Waals surface area contributed by atoms with Crippen LogP contribution >= 0.6 is 0 Å². The van der Waals surface area contributed by atoms with E-state index in [2.05, 4.69) is 15.3 Å². The van der Waals surface area contributed by atoms with Gasteiger partial charge in [-0.25, -0.2) is 4.68 Å². The molecule has 7 heteroatoms. The van der Waals surface area contributed by atoms with Crippen molar-refractivity contribution in [3.05, 3.63) is 70.1 Å². The number of hydrogen-bond acceptors (Lipinski definition) is 5. The fraction of sp³-hybridized carbons (Fsp3) is 0.348. The van der Waals surface area contributed by atoms with E-state index in [1.165, 1.54) is 4.68 Å². The number of fused-ring (bicyclic) bond motifs is 1. The zero-order chi connectivity index (χ0) is 21.1. The lowest BCUT2D eigenvalue weighted by atomic mass is 10.0. The zero-order valence-electron chi connectivity index (χ0n) is 17.3. The summed E-state index contributed by atoms with van der Waals surface area (Å²) in [5.41, 5.74) is 1.19. The molecule has 3 aromatic rings. The lowest BCUT2D eigenvalue weighted by molar-refractivity contribution is 0.0932. The van der Waals surface area contributed by atoms with Crippen molar-refractivity contribution in [3.63, 3.8) is 0 Å². The first-order chi connectivity index (χ1) is 14.6. The average Bonchev–Trinajstić information content (AvgIpc) is 3.31.